The van der Waals surface area contributed by atoms with Gasteiger partial charge >= 0.3 is 6.03 Å². The van der Waals surface area contributed by atoms with Gasteiger partial charge in [-0.25, -0.2) is 13.2 Å². The van der Waals surface area contributed by atoms with E-state index in [1.165, 1.54) is 6.92 Å². The Morgan fingerprint density at radius 1 is 1.14 bits per heavy atom. The number of nitrogens with one attached hydrogen (secondary N) is 1. The molecule has 0 spiro atoms. The molecule has 21 heavy (non-hydrogen) atoms. The standard InChI is InChI=1S/C13H23N3O4S/c1-11(17)15-4-2-5-16(7-6-15)13(18)14-9-12-3-8-21(19,20)10-12/h12H,2-10H2,1H3,(H,14,18)/t12-/m1/s1. The van der Waals surface area contributed by atoms with Crippen LogP contribution in [0, 0.1) is 5.92 Å². The molecule has 0 saturated carbocycles. The average Bonchev–Trinajstić information content (AvgIpc) is 2.64. The van der Waals surface area contributed by atoms with Crippen molar-refractivity contribution in [1.82, 2.24) is 15.1 Å². The summed E-state index contributed by atoms with van der Waals surface area (Å²) < 4.78 is 22.7. The van der Waals surface area contributed by atoms with E-state index in [1.54, 1.807) is 9.80 Å². The topological polar surface area (TPSA) is 86.8 Å². The summed E-state index contributed by atoms with van der Waals surface area (Å²) in [5.41, 5.74) is 0. The quantitative estimate of drug-likeness (QED) is 0.756. The highest BCUT2D eigenvalue weighted by Crippen LogP contribution is 2.17. The lowest BCUT2D eigenvalue weighted by Gasteiger charge is -2.22. The summed E-state index contributed by atoms with van der Waals surface area (Å²) in [4.78, 5) is 26.9. The first kappa shape index (κ1) is 16.1. The van der Waals surface area contributed by atoms with Gasteiger partial charge in [0.2, 0.25) is 5.91 Å². The molecule has 0 unspecified atom stereocenters. The van der Waals surface area contributed by atoms with Crippen LogP contribution in [0.5, 0.6) is 0 Å². The molecule has 3 amide bonds. The lowest BCUT2D eigenvalue weighted by Crippen LogP contribution is -2.44. The third-order valence-corrected chi connectivity index (χ3v) is 5.93. The zero-order valence-corrected chi connectivity index (χ0v) is 13.2. The minimum Gasteiger partial charge on any atom is -0.341 e. The maximum absolute atomic E-state index is 12.1. The second-order valence-electron chi connectivity index (χ2n) is 5.80. The van der Waals surface area contributed by atoms with Gasteiger partial charge in [-0.1, -0.05) is 0 Å². The second kappa shape index (κ2) is 6.64. The monoisotopic (exact) mass is 317 g/mol. The number of rotatable bonds is 2. The summed E-state index contributed by atoms with van der Waals surface area (Å²) in [7, 11) is -2.90. The van der Waals surface area contributed by atoms with E-state index < -0.39 is 9.84 Å². The predicted molar refractivity (Wildman–Crippen MR) is 78.6 cm³/mol. The zero-order valence-electron chi connectivity index (χ0n) is 12.4. The molecular formula is C13H23N3O4S. The number of amides is 3. The van der Waals surface area contributed by atoms with Crippen molar-refractivity contribution in [2.24, 2.45) is 5.92 Å². The van der Waals surface area contributed by atoms with Gasteiger partial charge in [-0.15, -0.1) is 0 Å². The van der Waals surface area contributed by atoms with Crippen LogP contribution in [0.4, 0.5) is 4.79 Å². The molecule has 2 fully saturated rings. The van der Waals surface area contributed by atoms with E-state index in [-0.39, 0.29) is 29.4 Å². The summed E-state index contributed by atoms with van der Waals surface area (Å²) in [5, 5.41) is 2.82. The van der Waals surface area contributed by atoms with Gasteiger partial charge < -0.3 is 15.1 Å². The fourth-order valence-electron chi connectivity index (χ4n) is 2.81. The Hall–Kier alpha value is -1.31. The fraction of sp³-hybridized carbons (Fsp3) is 0.846. The molecule has 0 radical (unpaired) electrons. The van der Waals surface area contributed by atoms with Gasteiger partial charge in [0.1, 0.15) is 0 Å². The molecule has 0 aromatic rings. The molecule has 0 aliphatic carbocycles. The summed E-state index contributed by atoms with van der Waals surface area (Å²) in [5.74, 6) is 0.462. The molecule has 8 heteroatoms. The third-order valence-electron chi connectivity index (χ3n) is 4.10. The first-order valence-electron chi connectivity index (χ1n) is 7.36. The highest BCUT2D eigenvalue weighted by Gasteiger charge is 2.28. The van der Waals surface area contributed by atoms with Gasteiger partial charge in [0, 0.05) is 39.6 Å². The van der Waals surface area contributed by atoms with E-state index in [1.807, 2.05) is 0 Å². The van der Waals surface area contributed by atoms with Crippen molar-refractivity contribution < 1.29 is 18.0 Å². The Bertz CT molecular complexity index is 506. The van der Waals surface area contributed by atoms with Crippen LogP contribution in [0.3, 0.4) is 0 Å². The number of urea groups is 1. The van der Waals surface area contributed by atoms with E-state index in [0.717, 1.165) is 6.42 Å². The SMILES string of the molecule is CC(=O)N1CCCN(C(=O)NC[C@H]2CCS(=O)(=O)C2)CC1. The van der Waals surface area contributed by atoms with E-state index >= 15 is 0 Å². The van der Waals surface area contributed by atoms with E-state index in [4.69, 9.17) is 0 Å². The van der Waals surface area contributed by atoms with Crippen molar-refractivity contribution in [3.05, 3.63) is 0 Å². The molecule has 2 rings (SSSR count). The lowest BCUT2D eigenvalue weighted by molar-refractivity contribution is -0.128. The van der Waals surface area contributed by atoms with Gasteiger partial charge in [-0.3, -0.25) is 4.79 Å². The molecule has 2 saturated heterocycles. The number of carbonyl (C=O) groups excluding carboxylic acids is 2. The summed E-state index contributed by atoms with van der Waals surface area (Å²) in [6.45, 7) is 4.33. The molecule has 2 aliphatic rings. The number of sulfone groups is 1. The molecule has 0 aromatic carbocycles. The van der Waals surface area contributed by atoms with Crippen molar-refractivity contribution in [1.29, 1.82) is 0 Å². The van der Waals surface area contributed by atoms with Crippen molar-refractivity contribution in [2.75, 3.05) is 44.2 Å². The van der Waals surface area contributed by atoms with E-state index in [0.29, 0.717) is 39.1 Å². The number of nitrogens with zero attached hydrogens (tertiary/aromatic N) is 2. The van der Waals surface area contributed by atoms with Crippen molar-refractivity contribution in [3.63, 3.8) is 0 Å². The molecule has 2 aliphatic heterocycles. The summed E-state index contributed by atoms with van der Waals surface area (Å²) in [6, 6.07) is -0.162. The first-order chi connectivity index (χ1) is 9.87. The Balaban J connectivity index is 1.77. The van der Waals surface area contributed by atoms with Crippen LogP contribution in [0.1, 0.15) is 19.8 Å². The maximum atomic E-state index is 12.1. The number of hydrogen-bond donors (Lipinski definition) is 1. The molecule has 1 atom stereocenters. The van der Waals surface area contributed by atoms with Crippen LogP contribution < -0.4 is 5.32 Å². The largest absolute Gasteiger partial charge is 0.341 e. The van der Waals surface area contributed by atoms with Crippen molar-refractivity contribution in [3.8, 4) is 0 Å². The smallest absolute Gasteiger partial charge is 0.317 e. The van der Waals surface area contributed by atoms with Crippen LogP contribution in [0.2, 0.25) is 0 Å². The van der Waals surface area contributed by atoms with Crippen molar-refractivity contribution >= 4 is 21.8 Å². The predicted octanol–water partition coefficient (Wildman–Crippen LogP) is -0.315. The molecule has 0 bridgehead atoms. The summed E-state index contributed by atoms with van der Waals surface area (Å²) in [6.07, 6.45) is 1.39. The average molecular weight is 317 g/mol. The highest BCUT2D eigenvalue weighted by atomic mass is 32.2. The molecule has 0 aromatic heterocycles. The lowest BCUT2D eigenvalue weighted by atomic mass is 10.1. The van der Waals surface area contributed by atoms with Crippen LogP contribution in [0.15, 0.2) is 0 Å². The van der Waals surface area contributed by atoms with E-state index in [9.17, 15) is 18.0 Å². The number of hydrogen-bond acceptors (Lipinski definition) is 4. The first-order valence-corrected chi connectivity index (χ1v) is 9.18. The van der Waals surface area contributed by atoms with Gasteiger partial charge in [0.15, 0.2) is 9.84 Å². The third kappa shape index (κ3) is 4.59. The highest BCUT2D eigenvalue weighted by molar-refractivity contribution is 7.91. The van der Waals surface area contributed by atoms with Crippen molar-refractivity contribution in [2.45, 2.75) is 19.8 Å². The van der Waals surface area contributed by atoms with Gasteiger partial charge in [-0.05, 0) is 18.8 Å². The van der Waals surface area contributed by atoms with Gasteiger partial charge in [0.05, 0.1) is 11.5 Å². The molecular weight excluding hydrogens is 294 g/mol. The summed E-state index contributed by atoms with van der Waals surface area (Å²) >= 11 is 0. The van der Waals surface area contributed by atoms with Crippen LogP contribution in [-0.2, 0) is 14.6 Å². The molecule has 120 valence electrons. The van der Waals surface area contributed by atoms with E-state index in [2.05, 4.69) is 5.32 Å². The maximum Gasteiger partial charge on any atom is 0.317 e. The minimum absolute atomic E-state index is 0.0275. The fourth-order valence-corrected chi connectivity index (χ4v) is 4.67. The molecule has 1 N–H and O–H groups in total. The minimum atomic E-state index is -2.90. The van der Waals surface area contributed by atoms with Crippen LogP contribution in [0.25, 0.3) is 0 Å². The van der Waals surface area contributed by atoms with Crippen LogP contribution in [-0.4, -0.2) is 74.4 Å². The Labute approximate surface area is 125 Å². The Kier molecular flexibility index (Phi) is 5.08. The second-order valence-corrected chi connectivity index (χ2v) is 8.03. The van der Waals surface area contributed by atoms with Gasteiger partial charge in [-0.2, -0.15) is 0 Å². The number of carbonyl (C=O) groups is 2. The normalized spacial score (nSPS) is 25.5. The van der Waals surface area contributed by atoms with Gasteiger partial charge in [0.25, 0.3) is 0 Å². The Morgan fingerprint density at radius 2 is 1.81 bits per heavy atom. The molecule has 2 heterocycles. The zero-order chi connectivity index (χ0) is 15.5. The Morgan fingerprint density at radius 3 is 2.43 bits per heavy atom. The molecule has 7 nitrogen and oxygen atoms in total. The van der Waals surface area contributed by atoms with Crippen LogP contribution >= 0.6 is 0 Å².